The van der Waals surface area contributed by atoms with Crippen LogP contribution < -0.4 is 0 Å². The van der Waals surface area contributed by atoms with E-state index in [1.165, 1.54) is 56.3 Å². The Hall–Kier alpha value is -2.30. The molecule has 31 heavy (non-hydrogen) atoms. The maximum absolute atomic E-state index is 6.74. The highest BCUT2D eigenvalue weighted by atomic mass is 35.5. The van der Waals surface area contributed by atoms with E-state index in [2.05, 4.69) is 71.0 Å². The highest BCUT2D eigenvalue weighted by Gasteiger charge is 2.17. The molecule has 1 aliphatic rings. The molecule has 4 nitrogen and oxygen atoms in total. The number of unbranched alkanes of at least 4 members (excludes halogenated alkanes) is 1. The van der Waals surface area contributed by atoms with E-state index in [0.717, 1.165) is 45.3 Å². The third-order valence-corrected chi connectivity index (χ3v) is 7.14. The smallest absolute Gasteiger partial charge is 0.139 e. The lowest BCUT2D eigenvalue weighted by Crippen LogP contribution is -2.30. The van der Waals surface area contributed by atoms with Crippen LogP contribution in [0.3, 0.4) is 0 Å². The molecule has 2 aromatic heterocycles. The summed E-state index contributed by atoms with van der Waals surface area (Å²) in [5.41, 5.74) is 5.55. The summed E-state index contributed by atoms with van der Waals surface area (Å²) in [4.78, 5) is 10.8. The van der Waals surface area contributed by atoms with Crippen LogP contribution in [0.15, 0.2) is 42.6 Å². The first-order valence-corrected chi connectivity index (χ1v) is 11.9. The summed E-state index contributed by atoms with van der Waals surface area (Å²) in [6.45, 7) is 5.63. The van der Waals surface area contributed by atoms with Crippen molar-refractivity contribution in [1.29, 1.82) is 0 Å². The zero-order valence-corrected chi connectivity index (χ0v) is 19.3. The fraction of sp³-hybridized carbons (Fsp3) is 0.423. The van der Waals surface area contributed by atoms with Crippen LogP contribution in [0.5, 0.6) is 0 Å². The van der Waals surface area contributed by atoms with Crippen molar-refractivity contribution in [3.8, 4) is 11.4 Å². The molecule has 0 amide bonds. The third kappa shape index (κ3) is 4.24. The predicted molar refractivity (Wildman–Crippen MR) is 131 cm³/mol. The summed E-state index contributed by atoms with van der Waals surface area (Å²) < 4.78 is 2.32. The minimum absolute atomic E-state index is 0.803. The maximum atomic E-state index is 6.74. The quantitative estimate of drug-likeness (QED) is 0.344. The first-order valence-electron chi connectivity index (χ1n) is 11.5. The van der Waals surface area contributed by atoms with Gasteiger partial charge < -0.3 is 14.5 Å². The van der Waals surface area contributed by atoms with Gasteiger partial charge in [-0.3, -0.25) is 0 Å². The van der Waals surface area contributed by atoms with Gasteiger partial charge in [-0.2, -0.15) is 0 Å². The number of rotatable bonds is 6. The van der Waals surface area contributed by atoms with E-state index in [0.29, 0.717) is 0 Å². The molecule has 0 saturated carbocycles. The van der Waals surface area contributed by atoms with E-state index in [1.54, 1.807) is 0 Å². The van der Waals surface area contributed by atoms with Gasteiger partial charge in [-0.15, -0.1) is 0 Å². The molecule has 0 aliphatic carbocycles. The number of halogens is 1. The van der Waals surface area contributed by atoms with E-state index in [1.807, 2.05) is 0 Å². The van der Waals surface area contributed by atoms with Crippen LogP contribution in [0.1, 0.15) is 37.7 Å². The van der Waals surface area contributed by atoms with Gasteiger partial charge in [0.25, 0.3) is 0 Å². The predicted octanol–water partition coefficient (Wildman–Crippen LogP) is 6.66. The van der Waals surface area contributed by atoms with Crippen molar-refractivity contribution in [3.63, 3.8) is 0 Å². The van der Waals surface area contributed by atoms with Gasteiger partial charge in [-0.1, -0.05) is 42.6 Å². The number of benzene rings is 2. The number of hydrogen-bond acceptors (Lipinski definition) is 2. The second-order valence-electron chi connectivity index (χ2n) is 9.22. The number of nitrogens with one attached hydrogen (secondary N) is 1. The molecular formula is C26H31ClN4. The molecule has 2 aromatic carbocycles. The monoisotopic (exact) mass is 434 g/mol. The fourth-order valence-corrected chi connectivity index (χ4v) is 5.32. The number of imidazole rings is 1. The second-order valence-corrected chi connectivity index (χ2v) is 9.63. The summed E-state index contributed by atoms with van der Waals surface area (Å²) in [6.07, 6.45) is 8.64. The van der Waals surface area contributed by atoms with Crippen molar-refractivity contribution >= 4 is 33.5 Å². The number of hydrogen-bond donors (Lipinski definition) is 1. The molecule has 5 heteroatoms. The Labute approximate surface area is 189 Å². The molecule has 5 rings (SSSR count). The lowest BCUT2D eigenvalue weighted by molar-refractivity contribution is 0.209. The molecule has 0 spiro atoms. The van der Waals surface area contributed by atoms with Crippen molar-refractivity contribution in [2.45, 2.75) is 45.6 Å². The fourth-order valence-electron chi connectivity index (χ4n) is 5.00. The Morgan fingerprint density at radius 1 is 1.13 bits per heavy atom. The normalized spacial score (nSPS) is 16.0. The van der Waals surface area contributed by atoms with Crippen molar-refractivity contribution in [1.82, 2.24) is 19.4 Å². The molecule has 4 aromatic rings. The third-order valence-electron chi connectivity index (χ3n) is 6.85. The van der Waals surface area contributed by atoms with Gasteiger partial charge in [-0.25, -0.2) is 4.98 Å². The second kappa shape index (κ2) is 8.68. The number of fused-ring (bicyclic) bond motifs is 2. The Bertz CT molecular complexity index is 1200. The van der Waals surface area contributed by atoms with Crippen molar-refractivity contribution < 1.29 is 0 Å². The van der Waals surface area contributed by atoms with Crippen molar-refractivity contribution in [3.05, 3.63) is 53.2 Å². The number of piperidine rings is 1. The average Bonchev–Trinajstić information content (AvgIpc) is 3.33. The van der Waals surface area contributed by atoms with E-state index >= 15 is 0 Å². The lowest BCUT2D eigenvalue weighted by atomic mass is 9.92. The molecule has 1 aliphatic heterocycles. The average molecular weight is 435 g/mol. The molecule has 0 radical (unpaired) electrons. The number of aryl methyl sites for hydroxylation is 2. The van der Waals surface area contributed by atoms with Gasteiger partial charge >= 0.3 is 0 Å². The molecular weight excluding hydrogens is 404 g/mol. The van der Waals surface area contributed by atoms with Crippen LogP contribution in [0.25, 0.3) is 33.3 Å². The van der Waals surface area contributed by atoms with Gasteiger partial charge in [0.15, 0.2) is 0 Å². The van der Waals surface area contributed by atoms with Crippen LogP contribution in [0.4, 0.5) is 0 Å². The van der Waals surface area contributed by atoms with Gasteiger partial charge in [0, 0.05) is 23.7 Å². The Morgan fingerprint density at radius 3 is 2.81 bits per heavy atom. The molecule has 162 valence electrons. The SMILES string of the molecule is Cc1ccc2nc(-c3cccc4c3c(Cl)cn4CCCCC3CCN(C)CC3)[nH]c2c1. The first-order chi connectivity index (χ1) is 15.1. The summed E-state index contributed by atoms with van der Waals surface area (Å²) in [6, 6.07) is 12.7. The molecule has 1 fully saturated rings. The summed E-state index contributed by atoms with van der Waals surface area (Å²) >= 11 is 6.74. The molecule has 0 bridgehead atoms. The summed E-state index contributed by atoms with van der Waals surface area (Å²) in [5, 5.41) is 1.90. The van der Waals surface area contributed by atoms with Crippen molar-refractivity contribution in [2.24, 2.45) is 5.92 Å². The van der Waals surface area contributed by atoms with Gasteiger partial charge in [0.2, 0.25) is 0 Å². The van der Waals surface area contributed by atoms with Gasteiger partial charge in [0.05, 0.1) is 21.6 Å². The van der Waals surface area contributed by atoms with Crippen LogP contribution in [-0.2, 0) is 6.54 Å². The van der Waals surface area contributed by atoms with Crippen LogP contribution in [0, 0.1) is 12.8 Å². The van der Waals surface area contributed by atoms with Crippen molar-refractivity contribution in [2.75, 3.05) is 20.1 Å². The molecule has 1 saturated heterocycles. The lowest BCUT2D eigenvalue weighted by Gasteiger charge is -2.28. The summed E-state index contributed by atoms with van der Waals surface area (Å²) in [5.74, 6) is 1.79. The van der Waals surface area contributed by atoms with Gasteiger partial charge in [-0.05, 0) is 76.0 Å². The van der Waals surface area contributed by atoms with E-state index < -0.39 is 0 Å². The molecule has 0 unspecified atom stereocenters. The Balaban J connectivity index is 1.34. The molecule has 0 atom stereocenters. The highest BCUT2D eigenvalue weighted by Crippen LogP contribution is 2.35. The minimum atomic E-state index is 0.803. The Kier molecular flexibility index (Phi) is 5.77. The van der Waals surface area contributed by atoms with Crippen LogP contribution >= 0.6 is 11.6 Å². The van der Waals surface area contributed by atoms with Crippen LogP contribution in [0.2, 0.25) is 5.02 Å². The number of H-pyrrole nitrogens is 1. The molecule has 1 N–H and O–H groups in total. The zero-order valence-electron chi connectivity index (χ0n) is 18.5. The number of likely N-dealkylation sites (tertiary alicyclic amines) is 1. The topological polar surface area (TPSA) is 36.9 Å². The van der Waals surface area contributed by atoms with Gasteiger partial charge in [0.1, 0.15) is 5.82 Å². The summed E-state index contributed by atoms with van der Waals surface area (Å²) in [7, 11) is 2.23. The van der Waals surface area contributed by atoms with E-state index in [4.69, 9.17) is 16.6 Å². The number of aromatic nitrogens is 3. The zero-order chi connectivity index (χ0) is 21.4. The Morgan fingerprint density at radius 2 is 1.97 bits per heavy atom. The first kappa shape index (κ1) is 20.6. The maximum Gasteiger partial charge on any atom is 0.139 e. The van der Waals surface area contributed by atoms with E-state index in [9.17, 15) is 0 Å². The van der Waals surface area contributed by atoms with E-state index in [-0.39, 0.29) is 0 Å². The molecule has 3 heterocycles. The largest absolute Gasteiger partial charge is 0.346 e. The number of aromatic amines is 1. The minimum Gasteiger partial charge on any atom is -0.346 e. The standard InChI is InChI=1S/C26H31ClN4/c1-18-9-10-22-23(16-18)29-26(28-22)20-7-5-8-24-25(20)21(27)17-31(24)13-4-3-6-19-11-14-30(2)15-12-19/h5,7-10,16-17,19H,3-4,6,11-15H2,1-2H3,(H,28,29). The highest BCUT2D eigenvalue weighted by molar-refractivity contribution is 6.36. The van der Waals surface area contributed by atoms with Crippen LogP contribution in [-0.4, -0.2) is 39.6 Å². The number of nitrogens with zero attached hydrogens (tertiary/aromatic N) is 3.